The molecule has 2 aromatic rings. The number of anilines is 1. The van der Waals surface area contributed by atoms with Crippen LogP contribution in [0, 0.1) is 5.92 Å². The lowest BCUT2D eigenvalue weighted by Crippen LogP contribution is -2.36. The number of ether oxygens (including phenoxy) is 1. The largest absolute Gasteiger partial charge is 0.475 e. The number of nitrogens with two attached hydrogens (primary N) is 1. The molecule has 3 rings (SSSR count). The van der Waals surface area contributed by atoms with Crippen molar-refractivity contribution in [3.63, 3.8) is 0 Å². The molecule has 5 nitrogen and oxygen atoms in total. The molecule has 1 saturated heterocycles. The van der Waals surface area contributed by atoms with Crippen LogP contribution in [-0.4, -0.2) is 36.2 Å². The van der Waals surface area contributed by atoms with Crippen molar-refractivity contribution in [1.29, 1.82) is 0 Å². The van der Waals surface area contributed by atoms with Crippen molar-refractivity contribution >= 4 is 16.9 Å². The van der Waals surface area contributed by atoms with Crippen LogP contribution < -0.4 is 15.4 Å². The van der Waals surface area contributed by atoms with E-state index in [0.29, 0.717) is 18.4 Å². The fourth-order valence-corrected chi connectivity index (χ4v) is 2.79. The molecular formula is C16H22N4O. The predicted octanol–water partition coefficient (Wildman–Crippen LogP) is 2.20. The summed E-state index contributed by atoms with van der Waals surface area (Å²) in [5.74, 6) is 2.14. The zero-order chi connectivity index (χ0) is 14.7. The highest BCUT2D eigenvalue weighted by atomic mass is 16.5. The van der Waals surface area contributed by atoms with Crippen molar-refractivity contribution in [2.75, 3.05) is 31.1 Å². The van der Waals surface area contributed by atoms with Crippen molar-refractivity contribution in [2.45, 2.75) is 19.8 Å². The predicted molar refractivity (Wildman–Crippen MR) is 84.7 cm³/mol. The Morgan fingerprint density at radius 3 is 2.48 bits per heavy atom. The average molecular weight is 286 g/mol. The molecule has 2 heterocycles. The van der Waals surface area contributed by atoms with Gasteiger partial charge >= 0.3 is 0 Å². The molecule has 0 bridgehead atoms. The SMILES string of the molecule is CCOc1nc2ccccc2nc1N1CCC(CN)CC1. The van der Waals surface area contributed by atoms with E-state index in [9.17, 15) is 0 Å². The quantitative estimate of drug-likeness (QED) is 0.933. The summed E-state index contributed by atoms with van der Waals surface area (Å²) < 4.78 is 5.71. The van der Waals surface area contributed by atoms with E-state index in [-0.39, 0.29) is 0 Å². The van der Waals surface area contributed by atoms with Gasteiger partial charge in [0.25, 0.3) is 5.88 Å². The lowest BCUT2D eigenvalue weighted by Gasteiger charge is -2.32. The van der Waals surface area contributed by atoms with E-state index < -0.39 is 0 Å². The van der Waals surface area contributed by atoms with Crippen LogP contribution in [0.15, 0.2) is 24.3 Å². The first-order chi connectivity index (χ1) is 10.3. The maximum atomic E-state index is 5.77. The third-order valence-corrected chi connectivity index (χ3v) is 4.05. The molecule has 0 amide bonds. The van der Waals surface area contributed by atoms with E-state index in [2.05, 4.69) is 9.88 Å². The minimum absolute atomic E-state index is 0.597. The summed E-state index contributed by atoms with van der Waals surface area (Å²) in [7, 11) is 0. The van der Waals surface area contributed by atoms with E-state index in [4.69, 9.17) is 15.5 Å². The summed E-state index contributed by atoms with van der Waals surface area (Å²) >= 11 is 0. The maximum Gasteiger partial charge on any atom is 0.258 e. The summed E-state index contributed by atoms with van der Waals surface area (Å²) in [5, 5.41) is 0. The summed E-state index contributed by atoms with van der Waals surface area (Å²) in [6.45, 7) is 5.28. The van der Waals surface area contributed by atoms with Crippen LogP contribution in [-0.2, 0) is 0 Å². The summed E-state index contributed by atoms with van der Waals surface area (Å²) in [4.78, 5) is 11.7. The van der Waals surface area contributed by atoms with Gasteiger partial charge in [0, 0.05) is 13.1 Å². The first-order valence-electron chi connectivity index (χ1n) is 7.66. The van der Waals surface area contributed by atoms with Crippen molar-refractivity contribution in [3.05, 3.63) is 24.3 Å². The minimum atomic E-state index is 0.597. The Hall–Kier alpha value is -1.88. The van der Waals surface area contributed by atoms with Gasteiger partial charge in [-0.25, -0.2) is 9.97 Å². The zero-order valence-electron chi connectivity index (χ0n) is 12.5. The number of benzene rings is 1. The molecule has 0 aliphatic carbocycles. The van der Waals surface area contributed by atoms with Crippen molar-refractivity contribution in [3.8, 4) is 5.88 Å². The molecule has 1 aliphatic rings. The van der Waals surface area contributed by atoms with Gasteiger partial charge < -0.3 is 15.4 Å². The van der Waals surface area contributed by atoms with Crippen LogP contribution in [0.4, 0.5) is 5.82 Å². The average Bonchev–Trinajstić information content (AvgIpc) is 2.55. The highest BCUT2D eigenvalue weighted by Gasteiger charge is 2.23. The Morgan fingerprint density at radius 2 is 1.86 bits per heavy atom. The number of fused-ring (bicyclic) bond motifs is 1. The third kappa shape index (κ3) is 2.93. The van der Waals surface area contributed by atoms with Crippen LogP contribution >= 0.6 is 0 Å². The summed E-state index contributed by atoms with van der Waals surface area (Å²) in [6, 6.07) is 7.92. The van der Waals surface area contributed by atoms with Crippen LogP contribution in [0.5, 0.6) is 5.88 Å². The zero-order valence-corrected chi connectivity index (χ0v) is 12.5. The van der Waals surface area contributed by atoms with Crippen molar-refractivity contribution < 1.29 is 4.74 Å². The monoisotopic (exact) mass is 286 g/mol. The highest BCUT2D eigenvalue weighted by Crippen LogP contribution is 2.30. The Balaban J connectivity index is 1.94. The molecule has 0 unspecified atom stereocenters. The minimum Gasteiger partial charge on any atom is -0.475 e. The molecule has 112 valence electrons. The van der Waals surface area contributed by atoms with Crippen molar-refractivity contribution in [1.82, 2.24) is 9.97 Å². The second-order valence-electron chi connectivity index (χ2n) is 5.44. The molecule has 1 aromatic heterocycles. The Labute approximate surface area is 125 Å². The van der Waals surface area contributed by atoms with E-state index in [1.165, 1.54) is 0 Å². The molecule has 5 heteroatoms. The van der Waals surface area contributed by atoms with Gasteiger partial charge in [0.2, 0.25) is 0 Å². The molecule has 1 fully saturated rings. The maximum absolute atomic E-state index is 5.77. The summed E-state index contributed by atoms with van der Waals surface area (Å²) in [5.41, 5.74) is 7.56. The fraction of sp³-hybridized carbons (Fsp3) is 0.500. The van der Waals surface area contributed by atoms with Gasteiger partial charge in [-0.15, -0.1) is 0 Å². The van der Waals surface area contributed by atoms with Gasteiger partial charge in [0.05, 0.1) is 17.6 Å². The number of para-hydroxylation sites is 2. The van der Waals surface area contributed by atoms with E-state index >= 15 is 0 Å². The lowest BCUT2D eigenvalue weighted by molar-refractivity contribution is 0.324. The molecule has 0 radical (unpaired) electrons. The van der Waals surface area contributed by atoms with Crippen molar-refractivity contribution in [2.24, 2.45) is 11.7 Å². The molecular weight excluding hydrogens is 264 g/mol. The molecule has 2 N–H and O–H groups in total. The number of hydrogen-bond acceptors (Lipinski definition) is 5. The molecule has 0 spiro atoms. The van der Waals surface area contributed by atoms with Gasteiger partial charge in [-0.1, -0.05) is 12.1 Å². The number of rotatable bonds is 4. The second kappa shape index (κ2) is 6.26. The smallest absolute Gasteiger partial charge is 0.258 e. The number of piperidine rings is 1. The lowest BCUT2D eigenvalue weighted by atomic mass is 9.97. The Kier molecular flexibility index (Phi) is 4.20. The molecule has 0 atom stereocenters. The van der Waals surface area contributed by atoms with Gasteiger partial charge in [0.15, 0.2) is 5.82 Å². The summed E-state index contributed by atoms with van der Waals surface area (Å²) in [6.07, 6.45) is 2.22. The molecule has 1 aromatic carbocycles. The first kappa shape index (κ1) is 14.1. The highest BCUT2D eigenvalue weighted by molar-refractivity contribution is 5.77. The van der Waals surface area contributed by atoms with Gasteiger partial charge in [0.1, 0.15) is 0 Å². The number of hydrogen-bond donors (Lipinski definition) is 1. The first-order valence-corrected chi connectivity index (χ1v) is 7.66. The van der Waals surface area contributed by atoms with E-state index in [0.717, 1.165) is 49.3 Å². The van der Waals surface area contributed by atoms with Crippen LogP contribution in [0.2, 0.25) is 0 Å². The van der Waals surface area contributed by atoms with E-state index in [1.54, 1.807) is 0 Å². The van der Waals surface area contributed by atoms with Crippen LogP contribution in [0.1, 0.15) is 19.8 Å². The molecule has 21 heavy (non-hydrogen) atoms. The van der Waals surface area contributed by atoms with Crippen LogP contribution in [0.25, 0.3) is 11.0 Å². The van der Waals surface area contributed by atoms with Gasteiger partial charge in [-0.3, -0.25) is 0 Å². The number of aromatic nitrogens is 2. The Morgan fingerprint density at radius 1 is 1.19 bits per heavy atom. The number of nitrogens with zero attached hydrogens (tertiary/aromatic N) is 3. The van der Waals surface area contributed by atoms with Crippen LogP contribution in [0.3, 0.4) is 0 Å². The van der Waals surface area contributed by atoms with Gasteiger partial charge in [-0.05, 0) is 44.4 Å². The molecule has 0 saturated carbocycles. The second-order valence-corrected chi connectivity index (χ2v) is 5.44. The fourth-order valence-electron chi connectivity index (χ4n) is 2.79. The molecule has 1 aliphatic heterocycles. The normalized spacial score (nSPS) is 16.4. The van der Waals surface area contributed by atoms with E-state index in [1.807, 2.05) is 31.2 Å². The Bertz CT molecular complexity index is 608. The third-order valence-electron chi connectivity index (χ3n) is 4.05. The standard InChI is InChI=1S/C16H22N4O/c1-2-21-16-15(20-9-7-12(11-17)8-10-20)18-13-5-3-4-6-14(13)19-16/h3-6,12H,2,7-11,17H2,1H3. The van der Waals surface area contributed by atoms with Gasteiger partial charge in [-0.2, -0.15) is 0 Å². The topological polar surface area (TPSA) is 64.3 Å².